The van der Waals surface area contributed by atoms with E-state index >= 15 is 0 Å². The highest BCUT2D eigenvalue weighted by atomic mass is 16.2. The maximum atomic E-state index is 12.9. The zero-order valence-corrected chi connectivity index (χ0v) is 16.7. The molecule has 4 heteroatoms. The van der Waals surface area contributed by atoms with Crippen LogP contribution in [-0.4, -0.2) is 47.8 Å². The standard InChI is InChI=1S/C22H32N2O2/c1-16-6-9-19(22(2,3)4)14-18(16)15-20(25)23-10-5-11-24(13-12-23)21(26)17-7-8-17/h6,9,14,17H,5,7-8,10-13,15H2,1-4H3. The summed E-state index contributed by atoms with van der Waals surface area (Å²) >= 11 is 0. The van der Waals surface area contributed by atoms with Gasteiger partial charge in [-0.05, 0) is 48.3 Å². The van der Waals surface area contributed by atoms with E-state index < -0.39 is 0 Å². The molecule has 1 saturated heterocycles. The topological polar surface area (TPSA) is 40.6 Å². The van der Waals surface area contributed by atoms with Gasteiger partial charge in [0.05, 0.1) is 6.42 Å². The van der Waals surface area contributed by atoms with Crippen molar-refractivity contribution in [3.63, 3.8) is 0 Å². The van der Waals surface area contributed by atoms with Gasteiger partial charge in [-0.1, -0.05) is 39.0 Å². The third kappa shape index (κ3) is 4.46. The van der Waals surface area contributed by atoms with Crippen LogP contribution in [-0.2, 0) is 21.4 Å². The molecule has 2 fully saturated rings. The van der Waals surface area contributed by atoms with Gasteiger partial charge in [-0.15, -0.1) is 0 Å². The van der Waals surface area contributed by atoms with E-state index in [4.69, 9.17) is 0 Å². The van der Waals surface area contributed by atoms with Gasteiger partial charge in [-0.25, -0.2) is 0 Å². The molecular weight excluding hydrogens is 324 g/mol. The van der Waals surface area contributed by atoms with E-state index in [0.717, 1.165) is 37.9 Å². The number of rotatable bonds is 3. The van der Waals surface area contributed by atoms with Crippen LogP contribution in [0, 0.1) is 12.8 Å². The van der Waals surface area contributed by atoms with Crippen molar-refractivity contribution in [3.8, 4) is 0 Å². The number of nitrogens with zero attached hydrogens (tertiary/aromatic N) is 2. The number of hydrogen-bond acceptors (Lipinski definition) is 2. The summed E-state index contributed by atoms with van der Waals surface area (Å²) in [5.41, 5.74) is 3.64. The second kappa shape index (κ2) is 7.42. The average Bonchev–Trinajstić information content (AvgIpc) is 3.41. The fourth-order valence-corrected chi connectivity index (χ4v) is 3.58. The van der Waals surface area contributed by atoms with E-state index in [1.54, 1.807) is 0 Å². The Morgan fingerprint density at radius 2 is 1.69 bits per heavy atom. The van der Waals surface area contributed by atoms with Crippen LogP contribution in [0.4, 0.5) is 0 Å². The number of carbonyl (C=O) groups excluding carboxylic acids is 2. The number of aryl methyl sites for hydroxylation is 1. The molecule has 1 saturated carbocycles. The molecule has 0 unspecified atom stereocenters. The van der Waals surface area contributed by atoms with Crippen molar-refractivity contribution in [3.05, 3.63) is 34.9 Å². The zero-order valence-electron chi connectivity index (χ0n) is 16.7. The van der Waals surface area contributed by atoms with Gasteiger partial charge < -0.3 is 9.80 Å². The fraction of sp³-hybridized carbons (Fsp3) is 0.636. The van der Waals surface area contributed by atoms with Gasteiger partial charge in [0.2, 0.25) is 11.8 Å². The Kier molecular flexibility index (Phi) is 5.40. The molecule has 1 heterocycles. The highest BCUT2D eigenvalue weighted by Crippen LogP contribution is 2.31. The molecule has 0 bridgehead atoms. The summed E-state index contributed by atoms with van der Waals surface area (Å²) in [6.07, 6.45) is 3.42. The third-order valence-electron chi connectivity index (χ3n) is 5.64. The molecule has 1 aliphatic carbocycles. The minimum atomic E-state index is 0.0811. The normalized spacial score (nSPS) is 18.6. The van der Waals surface area contributed by atoms with Crippen molar-refractivity contribution in [1.29, 1.82) is 0 Å². The number of carbonyl (C=O) groups is 2. The van der Waals surface area contributed by atoms with Crippen LogP contribution in [0.25, 0.3) is 0 Å². The van der Waals surface area contributed by atoms with Crippen LogP contribution in [0.2, 0.25) is 0 Å². The third-order valence-corrected chi connectivity index (χ3v) is 5.64. The lowest BCUT2D eigenvalue weighted by Crippen LogP contribution is -2.38. The highest BCUT2D eigenvalue weighted by molar-refractivity contribution is 5.82. The SMILES string of the molecule is Cc1ccc(C(C)(C)C)cc1CC(=O)N1CCCN(C(=O)C2CC2)CC1. The zero-order chi connectivity index (χ0) is 18.9. The smallest absolute Gasteiger partial charge is 0.227 e. The highest BCUT2D eigenvalue weighted by Gasteiger charge is 2.34. The minimum absolute atomic E-state index is 0.0811. The first-order valence-electron chi connectivity index (χ1n) is 9.92. The number of benzene rings is 1. The molecule has 142 valence electrons. The molecule has 0 N–H and O–H groups in total. The van der Waals surface area contributed by atoms with E-state index in [-0.39, 0.29) is 17.2 Å². The summed E-state index contributed by atoms with van der Waals surface area (Å²) in [5.74, 6) is 0.743. The van der Waals surface area contributed by atoms with Crippen LogP contribution in [0.15, 0.2) is 18.2 Å². The second-order valence-corrected chi connectivity index (χ2v) is 8.90. The van der Waals surface area contributed by atoms with Crippen LogP contribution in [0.1, 0.15) is 56.7 Å². The summed E-state index contributed by atoms with van der Waals surface area (Å²) in [4.78, 5) is 29.1. The molecule has 1 aromatic rings. The predicted octanol–water partition coefficient (Wildman–Crippen LogP) is 3.31. The second-order valence-electron chi connectivity index (χ2n) is 8.90. The Morgan fingerprint density at radius 1 is 1.04 bits per heavy atom. The summed E-state index contributed by atoms with van der Waals surface area (Å²) in [5, 5.41) is 0. The molecular formula is C22H32N2O2. The first-order chi connectivity index (χ1) is 12.3. The van der Waals surface area contributed by atoms with Crippen molar-refractivity contribution in [2.75, 3.05) is 26.2 Å². The summed E-state index contributed by atoms with van der Waals surface area (Å²) < 4.78 is 0. The molecule has 4 nitrogen and oxygen atoms in total. The van der Waals surface area contributed by atoms with Gasteiger partial charge in [-0.3, -0.25) is 9.59 Å². The lowest BCUT2D eigenvalue weighted by atomic mass is 9.85. The predicted molar refractivity (Wildman–Crippen MR) is 104 cm³/mol. The van der Waals surface area contributed by atoms with Gasteiger partial charge in [0, 0.05) is 32.1 Å². The molecule has 0 aromatic heterocycles. The van der Waals surface area contributed by atoms with Crippen molar-refractivity contribution in [2.24, 2.45) is 5.92 Å². The van der Waals surface area contributed by atoms with E-state index in [9.17, 15) is 9.59 Å². The van der Waals surface area contributed by atoms with Crippen LogP contribution >= 0.6 is 0 Å². The Morgan fingerprint density at radius 3 is 2.35 bits per heavy atom. The van der Waals surface area contributed by atoms with Crippen molar-refractivity contribution in [1.82, 2.24) is 9.80 Å². The number of amides is 2. The molecule has 2 amide bonds. The quantitative estimate of drug-likeness (QED) is 0.834. The van der Waals surface area contributed by atoms with Gasteiger partial charge in [0.25, 0.3) is 0 Å². The summed E-state index contributed by atoms with van der Waals surface area (Å²) in [7, 11) is 0. The minimum Gasteiger partial charge on any atom is -0.341 e. The van der Waals surface area contributed by atoms with Crippen LogP contribution in [0.3, 0.4) is 0 Å². The first kappa shape index (κ1) is 18.9. The molecule has 0 atom stereocenters. The van der Waals surface area contributed by atoms with Crippen LogP contribution < -0.4 is 0 Å². The Balaban J connectivity index is 1.63. The van der Waals surface area contributed by atoms with E-state index in [1.807, 2.05) is 9.80 Å². The lowest BCUT2D eigenvalue weighted by Gasteiger charge is -2.24. The Labute approximate surface area is 157 Å². The maximum Gasteiger partial charge on any atom is 0.227 e. The van der Waals surface area contributed by atoms with E-state index in [1.165, 1.54) is 11.1 Å². The van der Waals surface area contributed by atoms with Gasteiger partial charge >= 0.3 is 0 Å². The molecule has 26 heavy (non-hydrogen) atoms. The van der Waals surface area contributed by atoms with Gasteiger partial charge in [0.15, 0.2) is 0 Å². The molecule has 0 radical (unpaired) electrons. The monoisotopic (exact) mass is 356 g/mol. The van der Waals surface area contributed by atoms with Gasteiger partial charge in [-0.2, -0.15) is 0 Å². The Hall–Kier alpha value is -1.84. The average molecular weight is 357 g/mol. The molecule has 2 aliphatic rings. The van der Waals surface area contributed by atoms with Crippen LogP contribution in [0.5, 0.6) is 0 Å². The summed E-state index contributed by atoms with van der Waals surface area (Å²) in [6, 6.07) is 6.48. The van der Waals surface area contributed by atoms with Crippen molar-refractivity contribution >= 4 is 11.8 Å². The number of hydrogen-bond donors (Lipinski definition) is 0. The van der Waals surface area contributed by atoms with Gasteiger partial charge in [0.1, 0.15) is 0 Å². The largest absolute Gasteiger partial charge is 0.341 e. The molecule has 3 rings (SSSR count). The lowest BCUT2D eigenvalue weighted by molar-refractivity contribution is -0.134. The van der Waals surface area contributed by atoms with Crippen molar-refractivity contribution in [2.45, 2.75) is 58.8 Å². The molecule has 0 spiro atoms. The maximum absolute atomic E-state index is 12.9. The fourth-order valence-electron chi connectivity index (χ4n) is 3.58. The Bertz CT molecular complexity index is 686. The van der Waals surface area contributed by atoms with E-state index in [0.29, 0.717) is 25.4 Å². The summed E-state index contributed by atoms with van der Waals surface area (Å²) in [6.45, 7) is 11.6. The van der Waals surface area contributed by atoms with E-state index in [2.05, 4.69) is 45.9 Å². The first-order valence-corrected chi connectivity index (χ1v) is 9.92. The molecule has 1 aliphatic heterocycles. The van der Waals surface area contributed by atoms with Crippen molar-refractivity contribution < 1.29 is 9.59 Å². The molecule has 1 aromatic carbocycles.